The van der Waals surface area contributed by atoms with Gasteiger partial charge in [-0.05, 0) is 127 Å². The van der Waals surface area contributed by atoms with Gasteiger partial charge in [-0.25, -0.2) is 0 Å². The lowest BCUT2D eigenvalue weighted by atomic mass is 9.78. The van der Waals surface area contributed by atoms with E-state index in [0.29, 0.717) is 0 Å². The Labute approximate surface area is 279 Å². The van der Waals surface area contributed by atoms with Crippen molar-refractivity contribution in [1.82, 2.24) is 0 Å². The molecule has 1 fully saturated rings. The molecule has 268 valence electrons. The average Bonchev–Trinajstić information content (AvgIpc) is 2.95. The number of ether oxygens (including phenoxy) is 3. The zero-order valence-electron chi connectivity index (χ0n) is 33.2. The molecule has 0 aromatic heterocycles. The third-order valence-electron chi connectivity index (χ3n) is 11.0. The fraction of sp³-hybridized carbons (Fsp3) is 0.923. The summed E-state index contributed by atoms with van der Waals surface area (Å²) in [4.78, 5) is 35.8. The highest BCUT2D eigenvalue weighted by atomic mass is 16.6. The Morgan fingerprint density at radius 1 is 0.511 bits per heavy atom. The first kappa shape index (κ1) is 45.5. The van der Waals surface area contributed by atoms with Crippen molar-refractivity contribution in [1.29, 1.82) is 0 Å². The van der Waals surface area contributed by atoms with Gasteiger partial charge in [0.05, 0.1) is 16.2 Å². The zero-order valence-corrected chi connectivity index (χ0v) is 33.2. The molecule has 1 aliphatic carbocycles. The van der Waals surface area contributed by atoms with Crippen molar-refractivity contribution in [3.05, 3.63) is 0 Å². The monoisotopic (exact) mass is 641 g/mol. The van der Waals surface area contributed by atoms with E-state index in [0.717, 1.165) is 51.4 Å². The van der Waals surface area contributed by atoms with E-state index in [2.05, 4.69) is 48.5 Å². The fourth-order valence-electron chi connectivity index (χ4n) is 4.02. The minimum atomic E-state index is -0.434. The largest absolute Gasteiger partial charge is 0.459 e. The molecule has 45 heavy (non-hydrogen) atoms. The van der Waals surface area contributed by atoms with Gasteiger partial charge in [0.1, 0.15) is 16.8 Å². The molecular formula is C39H76O6. The van der Waals surface area contributed by atoms with E-state index < -0.39 is 5.60 Å². The smallest absolute Gasteiger partial charge is 0.312 e. The number of esters is 3. The fourth-order valence-corrected chi connectivity index (χ4v) is 4.02. The van der Waals surface area contributed by atoms with Crippen LogP contribution in [-0.4, -0.2) is 34.7 Å². The van der Waals surface area contributed by atoms with Gasteiger partial charge in [0.15, 0.2) is 0 Å². The van der Waals surface area contributed by atoms with Crippen LogP contribution >= 0.6 is 0 Å². The van der Waals surface area contributed by atoms with Crippen molar-refractivity contribution in [2.45, 2.75) is 212 Å². The number of carbonyl (C=O) groups excluding carboxylic acids is 3. The topological polar surface area (TPSA) is 78.9 Å². The molecule has 0 bridgehead atoms. The minimum absolute atomic E-state index is 0.0330. The number of rotatable bonds is 12. The molecule has 0 saturated heterocycles. The molecule has 0 heterocycles. The van der Waals surface area contributed by atoms with E-state index in [1.807, 2.05) is 76.2 Å². The summed E-state index contributed by atoms with van der Waals surface area (Å²) in [7, 11) is 0. The molecule has 1 saturated carbocycles. The summed E-state index contributed by atoms with van der Waals surface area (Å²) in [5, 5.41) is 0. The lowest BCUT2D eigenvalue weighted by molar-refractivity contribution is -0.178. The highest BCUT2D eigenvalue weighted by Gasteiger charge is 2.40. The Balaban J connectivity index is 0. The number of hydrogen-bond acceptors (Lipinski definition) is 6. The lowest BCUT2D eigenvalue weighted by Crippen LogP contribution is -2.44. The Bertz CT molecular complexity index is 857. The van der Waals surface area contributed by atoms with E-state index in [9.17, 15) is 14.4 Å². The van der Waals surface area contributed by atoms with E-state index in [4.69, 9.17) is 14.2 Å². The van der Waals surface area contributed by atoms with Gasteiger partial charge in [-0.2, -0.15) is 0 Å². The predicted octanol–water partition coefficient (Wildman–Crippen LogP) is 11.4. The average molecular weight is 641 g/mol. The Morgan fingerprint density at radius 3 is 1.16 bits per heavy atom. The standard InChI is InChI=1S/C13H24O2.2C13H26O2/c1-5-12(2,3)11(14)15-13(4)9-7-6-8-10-13;1-9-12(5,6)10(14)15-13(7,8)11(2,3)4;1-7-12(5,6)11(14)15-13(8-2,9-3)10-4/h5-10H2,1-4H3;9H2,1-8H3;7-10H2,1-6H3. The molecule has 0 atom stereocenters. The SMILES string of the molecule is CCC(C)(C)C(=O)OC(C)(C)C(C)(C)C.CCC(C)(C)C(=O)OC1(C)CCCCC1.CCC(CC)(CC)OC(=O)C(C)(C)CC. The summed E-state index contributed by atoms with van der Waals surface area (Å²) in [6.45, 7) is 36.2. The molecule has 0 spiro atoms. The predicted molar refractivity (Wildman–Crippen MR) is 189 cm³/mol. The van der Waals surface area contributed by atoms with Gasteiger partial charge in [-0.15, -0.1) is 0 Å². The van der Waals surface area contributed by atoms with E-state index in [-0.39, 0.29) is 50.8 Å². The van der Waals surface area contributed by atoms with Gasteiger partial charge in [0, 0.05) is 5.41 Å². The minimum Gasteiger partial charge on any atom is -0.459 e. The van der Waals surface area contributed by atoms with Crippen molar-refractivity contribution in [2.24, 2.45) is 21.7 Å². The maximum atomic E-state index is 12.0. The molecule has 6 nitrogen and oxygen atoms in total. The number of hydrogen-bond donors (Lipinski definition) is 0. The molecule has 0 amide bonds. The Kier molecular flexibility index (Phi) is 18.3. The van der Waals surface area contributed by atoms with E-state index in [1.165, 1.54) is 19.3 Å². The first-order chi connectivity index (χ1) is 20.2. The lowest BCUT2D eigenvalue weighted by Gasteiger charge is -2.40. The van der Waals surface area contributed by atoms with Gasteiger partial charge < -0.3 is 14.2 Å². The number of carbonyl (C=O) groups is 3. The quantitative estimate of drug-likeness (QED) is 0.156. The van der Waals surface area contributed by atoms with E-state index >= 15 is 0 Å². The Hall–Kier alpha value is -1.59. The van der Waals surface area contributed by atoms with Crippen LogP contribution < -0.4 is 0 Å². The van der Waals surface area contributed by atoms with Crippen LogP contribution in [0.1, 0.15) is 195 Å². The normalized spacial score (nSPS) is 15.9. The summed E-state index contributed by atoms with van der Waals surface area (Å²) in [6.07, 6.45) is 10.9. The van der Waals surface area contributed by atoms with Gasteiger partial charge in [0.2, 0.25) is 0 Å². The highest BCUT2D eigenvalue weighted by Crippen LogP contribution is 2.36. The van der Waals surface area contributed by atoms with Crippen LogP contribution in [0.4, 0.5) is 0 Å². The van der Waals surface area contributed by atoms with Gasteiger partial charge >= 0.3 is 17.9 Å². The molecule has 6 heteroatoms. The second kappa shape index (κ2) is 18.1. The molecule has 1 rings (SSSR count). The van der Waals surface area contributed by atoms with Crippen LogP contribution in [0, 0.1) is 21.7 Å². The van der Waals surface area contributed by atoms with Crippen LogP contribution in [0.15, 0.2) is 0 Å². The van der Waals surface area contributed by atoms with Crippen molar-refractivity contribution >= 4 is 17.9 Å². The summed E-state index contributed by atoms with van der Waals surface area (Å²) in [5.74, 6) is -0.199. The maximum absolute atomic E-state index is 12.0. The summed E-state index contributed by atoms with van der Waals surface area (Å²) in [6, 6.07) is 0. The van der Waals surface area contributed by atoms with Crippen molar-refractivity contribution in [3.63, 3.8) is 0 Å². The maximum Gasteiger partial charge on any atom is 0.312 e. The van der Waals surface area contributed by atoms with Crippen LogP contribution in [-0.2, 0) is 28.6 Å². The molecule has 0 N–H and O–H groups in total. The van der Waals surface area contributed by atoms with Gasteiger partial charge in [0.25, 0.3) is 0 Å². The third kappa shape index (κ3) is 14.8. The molecule has 0 unspecified atom stereocenters. The first-order valence-electron chi connectivity index (χ1n) is 17.9. The summed E-state index contributed by atoms with van der Waals surface area (Å²) in [5.41, 5.74) is -2.00. The first-order valence-corrected chi connectivity index (χ1v) is 17.9. The van der Waals surface area contributed by atoms with Crippen molar-refractivity contribution in [3.8, 4) is 0 Å². The van der Waals surface area contributed by atoms with Crippen LogP contribution in [0.5, 0.6) is 0 Å². The van der Waals surface area contributed by atoms with Crippen molar-refractivity contribution < 1.29 is 28.6 Å². The van der Waals surface area contributed by atoms with Gasteiger partial charge in [-0.3, -0.25) is 14.4 Å². The molecular weight excluding hydrogens is 564 g/mol. The second-order valence-corrected chi connectivity index (χ2v) is 16.9. The third-order valence-corrected chi connectivity index (χ3v) is 11.0. The molecule has 1 aliphatic rings. The molecule has 0 aromatic carbocycles. The highest BCUT2D eigenvalue weighted by molar-refractivity contribution is 5.77. The van der Waals surface area contributed by atoms with Crippen LogP contribution in [0.3, 0.4) is 0 Å². The summed E-state index contributed by atoms with van der Waals surface area (Å²) < 4.78 is 17.0. The van der Waals surface area contributed by atoms with Crippen molar-refractivity contribution in [2.75, 3.05) is 0 Å². The van der Waals surface area contributed by atoms with Crippen LogP contribution in [0.2, 0.25) is 0 Å². The van der Waals surface area contributed by atoms with E-state index in [1.54, 1.807) is 0 Å². The molecule has 0 radical (unpaired) electrons. The Morgan fingerprint density at radius 2 is 0.844 bits per heavy atom. The zero-order chi connectivity index (χ0) is 36.1. The van der Waals surface area contributed by atoms with Crippen LogP contribution in [0.25, 0.3) is 0 Å². The summed E-state index contributed by atoms with van der Waals surface area (Å²) >= 11 is 0. The van der Waals surface area contributed by atoms with Gasteiger partial charge in [-0.1, -0.05) is 68.7 Å². The molecule has 0 aromatic rings. The molecule has 0 aliphatic heterocycles. The second-order valence-electron chi connectivity index (χ2n) is 16.9.